The van der Waals surface area contributed by atoms with Crippen molar-refractivity contribution in [3.8, 4) is 5.75 Å². The molecule has 124 valence electrons. The summed E-state index contributed by atoms with van der Waals surface area (Å²) in [4.78, 5) is 18.4. The molecule has 2 rings (SSSR count). The summed E-state index contributed by atoms with van der Waals surface area (Å²) < 4.78 is 1.97. The zero-order chi connectivity index (χ0) is 16.8. The molecule has 1 N–H and O–H groups in total. The van der Waals surface area contributed by atoms with E-state index in [9.17, 15) is 9.90 Å². The summed E-state index contributed by atoms with van der Waals surface area (Å²) in [6, 6.07) is 7.23. The van der Waals surface area contributed by atoms with Gasteiger partial charge < -0.3 is 14.6 Å². The molecule has 0 fully saturated rings. The Bertz CT molecular complexity index is 695. The molecule has 0 spiro atoms. The van der Waals surface area contributed by atoms with Crippen LogP contribution in [0.15, 0.2) is 35.3 Å². The van der Waals surface area contributed by atoms with Crippen molar-refractivity contribution >= 4 is 0 Å². The highest BCUT2D eigenvalue weighted by atomic mass is 16.3. The molecule has 2 aromatic heterocycles. The summed E-state index contributed by atoms with van der Waals surface area (Å²) in [5.74, 6) is -0.158. The molecule has 0 aliphatic rings. The van der Waals surface area contributed by atoms with Gasteiger partial charge in [0.05, 0.1) is 17.9 Å². The van der Waals surface area contributed by atoms with Crippen LogP contribution in [0, 0.1) is 6.92 Å². The van der Waals surface area contributed by atoms with Crippen LogP contribution < -0.4 is 5.43 Å². The second kappa shape index (κ2) is 7.92. The minimum atomic E-state index is -0.321. The Morgan fingerprint density at radius 1 is 1.35 bits per heavy atom. The van der Waals surface area contributed by atoms with E-state index in [1.165, 1.54) is 6.07 Å². The fraction of sp³-hybridized carbons (Fsp3) is 0.444. The molecule has 5 nitrogen and oxygen atoms in total. The lowest BCUT2D eigenvalue weighted by atomic mass is 10.2. The van der Waals surface area contributed by atoms with Gasteiger partial charge in [0.15, 0.2) is 5.75 Å². The van der Waals surface area contributed by atoms with Crippen molar-refractivity contribution in [3.05, 3.63) is 57.8 Å². The van der Waals surface area contributed by atoms with Crippen LogP contribution in [0.3, 0.4) is 0 Å². The van der Waals surface area contributed by atoms with Crippen LogP contribution in [0.2, 0.25) is 0 Å². The van der Waals surface area contributed by atoms with E-state index in [1.54, 1.807) is 6.20 Å². The number of hydrogen-bond acceptors (Lipinski definition) is 4. The van der Waals surface area contributed by atoms with Gasteiger partial charge in [-0.3, -0.25) is 9.78 Å². The lowest BCUT2D eigenvalue weighted by Crippen LogP contribution is -2.25. The molecule has 0 atom stereocenters. The van der Waals surface area contributed by atoms with Crippen molar-refractivity contribution in [1.82, 2.24) is 14.5 Å². The van der Waals surface area contributed by atoms with Crippen molar-refractivity contribution in [2.45, 2.75) is 39.8 Å². The average molecular weight is 315 g/mol. The quantitative estimate of drug-likeness (QED) is 0.853. The summed E-state index contributed by atoms with van der Waals surface area (Å²) in [6.07, 6.45) is 3.96. The van der Waals surface area contributed by atoms with Crippen molar-refractivity contribution in [1.29, 1.82) is 0 Å². The molecule has 5 heteroatoms. The van der Waals surface area contributed by atoms with Crippen LogP contribution in [-0.4, -0.2) is 33.1 Å². The number of aromatic nitrogens is 2. The normalized spacial score (nSPS) is 11.1. The molecule has 2 heterocycles. The molecule has 0 saturated heterocycles. The average Bonchev–Trinajstić information content (AvgIpc) is 2.55. The number of rotatable bonds is 7. The Balaban J connectivity index is 2.36. The molecule has 0 aliphatic heterocycles. The van der Waals surface area contributed by atoms with E-state index < -0.39 is 0 Å². The van der Waals surface area contributed by atoms with Gasteiger partial charge in [-0.2, -0.15) is 0 Å². The van der Waals surface area contributed by atoms with Crippen LogP contribution in [-0.2, 0) is 13.1 Å². The predicted molar refractivity (Wildman–Crippen MR) is 91.7 cm³/mol. The number of unbranched alkanes of at least 4 members (excludes halogenated alkanes) is 1. The summed E-state index contributed by atoms with van der Waals surface area (Å²) in [7, 11) is 2.01. The van der Waals surface area contributed by atoms with Crippen LogP contribution >= 0.6 is 0 Å². The highest BCUT2D eigenvalue weighted by Crippen LogP contribution is 2.18. The Morgan fingerprint density at radius 3 is 2.78 bits per heavy atom. The number of pyridine rings is 2. The Hall–Kier alpha value is -2.14. The maximum Gasteiger partial charge on any atom is 0.223 e. The lowest BCUT2D eigenvalue weighted by molar-refractivity contribution is 0.302. The van der Waals surface area contributed by atoms with Crippen LogP contribution in [0.4, 0.5) is 0 Å². The molecule has 2 aromatic rings. The first-order chi connectivity index (χ1) is 11.0. The third-order valence-corrected chi connectivity index (χ3v) is 3.96. The van der Waals surface area contributed by atoms with E-state index in [2.05, 4.69) is 16.8 Å². The molecular weight excluding hydrogens is 290 g/mol. The van der Waals surface area contributed by atoms with Crippen molar-refractivity contribution in [2.75, 3.05) is 13.6 Å². The second-order valence-corrected chi connectivity index (χ2v) is 5.94. The van der Waals surface area contributed by atoms with E-state index in [1.807, 2.05) is 36.7 Å². The van der Waals surface area contributed by atoms with Gasteiger partial charge in [0.1, 0.15) is 0 Å². The van der Waals surface area contributed by atoms with E-state index in [-0.39, 0.29) is 11.2 Å². The van der Waals surface area contributed by atoms with Crippen molar-refractivity contribution in [2.24, 2.45) is 0 Å². The topological polar surface area (TPSA) is 58.4 Å². The van der Waals surface area contributed by atoms with E-state index in [0.717, 1.165) is 30.8 Å². The first-order valence-electron chi connectivity index (χ1n) is 8.03. The first kappa shape index (κ1) is 17.2. The van der Waals surface area contributed by atoms with Gasteiger partial charge in [-0.25, -0.2) is 0 Å². The molecule has 0 amide bonds. The molecule has 0 unspecified atom stereocenters. The number of aryl methyl sites for hydroxylation is 1. The summed E-state index contributed by atoms with van der Waals surface area (Å²) in [5.41, 5.74) is 2.06. The number of nitrogens with zero attached hydrogens (tertiary/aromatic N) is 3. The fourth-order valence-electron chi connectivity index (χ4n) is 2.62. The van der Waals surface area contributed by atoms with Gasteiger partial charge >= 0.3 is 0 Å². The molecular formula is C18H25N3O2. The monoisotopic (exact) mass is 315 g/mol. The van der Waals surface area contributed by atoms with Gasteiger partial charge in [0.25, 0.3) is 0 Å². The zero-order valence-electron chi connectivity index (χ0n) is 14.1. The smallest absolute Gasteiger partial charge is 0.223 e. The van der Waals surface area contributed by atoms with Gasteiger partial charge in [0, 0.05) is 24.5 Å². The highest BCUT2D eigenvalue weighted by molar-refractivity contribution is 5.30. The van der Waals surface area contributed by atoms with Crippen LogP contribution in [0.1, 0.15) is 36.8 Å². The first-order valence-corrected chi connectivity index (χ1v) is 8.03. The van der Waals surface area contributed by atoms with Crippen molar-refractivity contribution in [3.63, 3.8) is 0 Å². The SMILES string of the molecule is CCCCN(C)Cc1c(O)c(=O)cc(C)n1Cc1ccccn1. The van der Waals surface area contributed by atoms with Crippen LogP contribution in [0.5, 0.6) is 5.75 Å². The number of hydrogen-bond donors (Lipinski definition) is 1. The van der Waals surface area contributed by atoms with Gasteiger partial charge in [-0.15, -0.1) is 0 Å². The molecule has 0 radical (unpaired) electrons. The summed E-state index contributed by atoms with van der Waals surface area (Å²) >= 11 is 0. The summed E-state index contributed by atoms with van der Waals surface area (Å²) in [6.45, 7) is 6.04. The summed E-state index contributed by atoms with van der Waals surface area (Å²) in [5, 5.41) is 10.3. The highest BCUT2D eigenvalue weighted by Gasteiger charge is 2.15. The van der Waals surface area contributed by atoms with E-state index >= 15 is 0 Å². The van der Waals surface area contributed by atoms with Gasteiger partial charge in [0.2, 0.25) is 5.43 Å². The Kier molecular flexibility index (Phi) is 5.93. The second-order valence-electron chi connectivity index (χ2n) is 5.94. The minimum Gasteiger partial charge on any atom is -0.503 e. The van der Waals surface area contributed by atoms with Gasteiger partial charge in [-0.1, -0.05) is 19.4 Å². The maximum absolute atomic E-state index is 12.0. The number of aromatic hydroxyl groups is 1. The zero-order valence-corrected chi connectivity index (χ0v) is 14.1. The van der Waals surface area contributed by atoms with Crippen molar-refractivity contribution < 1.29 is 5.11 Å². The predicted octanol–water partition coefficient (Wildman–Crippen LogP) is 2.54. The standard InChI is InChI=1S/C18H25N3O2/c1-4-5-10-20(3)13-16-18(23)17(22)11-14(2)21(16)12-15-8-6-7-9-19-15/h6-9,11,23H,4-5,10,12-13H2,1-3H3. The van der Waals surface area contributed by atoms with Gasteiger partial charge in [-0.05, 0) is 39.1 Å². The van der Waals surface area contributed by atoms with E-state index in [0.29, 0.717) is 18.8 Å². The van der Waals surface area contributed by atoms with E-state index in [4.69, 9.17) is 0 Å². The molecule has 23 heavy (non-hydrogen) atoms. The molecule has 0 aliphatic carbocycles. The third kappa shape index (κ3) is 4.42. The lowest BCUT2D eigenvalue weighted by Gasteiger charge is -2.22. The third-order valence-electron chi connectivity index (χ3n) is 3.96. The Morgan fingerprint density at radius 2 is 2.13 bits per heavy atom. The Labute approximate surface area is 137 Å². The minimum absolute atomic E-state index is 0.158. The molecule has 0 bridgehead atoms. The molecule has 0 saturated carbocycles. The molecule has 0 aromatic carbocycles. The van der Waals surface area contributed by atoms with Crippen LogP contribution in [0.25, 0.3) is 0 Å². The fourth-order valence-corrected chi connectivity index (χ4v) is 2.62. The maximum atomic E-state index is 12.0. The largest absolute Gasteiger partial charge is 0.503 e.